The van der Waals surface area contributed by atoms with Gasteiger partial charge in [-0.1, -0.05) is 18.2 Å². The van der Waals surface area contributed by atoms with Crippen LogP contribution in [-0.4, -0.2) is 21.4 Å². The van der Waals surface area contributed by atoms with Crippen LogP contribution in [0.5, 0.6) is 0 Å². The summed E-state index contributed by atoms with van der Waals surface area (Å²) >= 11 is 1.51. The molecular formula is C20H20N4O2S. The lowest BCUT2D eigenvalue weighted by molar-refractivity contribution is -0.117. The lowest BCUT2D eigenvalue weighted by Crippen LogP contribution is -2.40. The molecule has 0 aliphatic heterocycles. The number of nitrogens with zero attached hydrogens (tertiary/aromatic N) is 2. The normalized spacial score (nSPS) is 10.9. The summed E-state index contributed by atoms with van der Waals surface area (Å²) in [5.74, 6) is -0.789. The number of hydrazine groups is 1. The molecule has 2 aromatic heterocycles. The minimum Gasteiger partial charge on any atom is -0.318 e. The van der Waals surface area contributed by atoms with Crippen LogP contribution in [0.3, 0.4) is 0 Å². The fraction of sp³-hybridized carbons (Fsp3) is 0.150. The molecule has 2 amide bonds. The number of carbonyl (C=O) groups excluding carboxylic acids is 2. The van der Waals surface area contributed by atoms with Crippen LogP contribution in [0.15, 0.2) is 47.9 Å². The SMILES string of the molecule is Cc1nc(/C=C/C(=O)NNC(=O)c2cc(C)n(-c3ccccc3)c2C)cs1. The number of aromatic nitrogens is 2. The van der Waals surface area contributed by atoms with Gasteiger partial charge >= 0.3 is 0 Å². The standard InChI is InChI=1S/C20H20N4O2S/c1-13-11-18(14(2)24(13)17-7-5-4-6-8-17)20(26)23-22-19(25)10-9-16-12-27-15(3)21-16/h4-12H,1-3H3,(H,22,25)(H,23,26)/b10-9+. The van der Waals surface area contributed by atoms with E-state index in [2.05, 4.69) is 15.8 Å². The highest BCUT2D eigenvalue weighted by molar-refractivity contribution is 7.09. The molecule has 0 fully saturated rings. The molecule has 0 spiro atoms. The van der Waals surface area contributed by atoms with E-state index in [9.17, 15) is 9.59 Å². The second-order valence-electron chi connectivity index (χ2n) is 6.02. The van der Waals surface area contributed by atoms with E-state index in [0.29, 0.717) is 11.3 Å². The van der Waals surface area contributed by atoms with Crippen LogP contribution >= 0.6 is 11.3 Å². The summed E-state index contributed by atoms with van der Waals surface area (Å²) in [5.41, 5.74) is 8.80. The molecule has 0 atom stereocenters. The van der Waals surface area contributed by atoms with Crippen LogP contribution in [-0.2, 0) is 4.79 Å². The predicted molar refractivity (Wildman–Crippen MR) is 107 cm³/mol. The lowest BCUT2D eigenvalue weighted by atomic mass is 10.2. The third kappa shape index (κ3) is 4.32. The molecular weight excluding hydrogens is 360 g/mol. The molecule has 7 heteroatoms. The Hall–Kier alpha value is -3.19. The van der Waals surface area contributed by atoms with E-state index in [-0.39, 0.29) is 5.91 Å². The number of hydrogen-bond acceptors (Lipinski definition) is 4. The third-order valence-electron chi connectivity index (χ3n) is 4.03. The van der Waals surface area contributed by atoms with Gasteiger partial charge in [0.15, 0.2) is 0 Å². The maximum atomic E-state index is 12.5. The van der Waals surface area contributed by atoms with Crippen molar-refractivity contribution in [2.45, 2.75) is 20.8 Å². The molecule has 138 valence electrons. The molecule has 0 aliphatic rings. The number of carbonyl (C=O) groups is 2. The number of amides is 2. The highest BCUT2D eigenvalue weighted by atomic mass is 32.1. The molecule has 0 radical (unpaired) electrons. The Morgan fingerprint density at radius 2 is 1.85 bits per heavy atom. The second-order valence-corrected chi connectivity index (χ2v) is 7.09. The van der Waals surface area contributed by atoms with Gasteiger partial charge in [0.2, 0.25) is 0 Å². The minimum absolute atomic E-state index is 0.364. The number of rotatable bonds is 4. The Balaban J connectivity index is 1.66. The number of nitrogens with one attached hydrogen (secondary N) is 2. The lowest BCUT2D eigenvalue weighted by Gasteiger charge is -2.10. The first-order chi connectivity index (χ1) is 13.0. The van der Waals surface area contributed by atoms with Gasteiger partial charge in [-0.3, -0.25) is 20.4 Å². The zero-order valence-corrected chi connectivity index (χ0v) is 16.1. The molecule has 3 rings (SSSR count). The third-order valence-corrected chi connectivity index (χ3v) is 4.82. The van der Waals surface area contributed by atoms with Crippen molar-refractivity contribution in [2.75, 3.05) is 0 Å². The van der Waals surface area contributed by atoms with Crippen LogP contribution < -0.4 is 10.9 Å². The number of thiazole rings is 1. The van der Waals surface area contributed by atoms with Crippen molar-refractivity contribution in [3.63, 3.8) is 0 Å². The largest absolute Gasteiger partial charge is 0.318 e. The number of benzene rings is 1. The van der Waals surface area contributed by atoms with E-state index in [1.807, 2.05) is 61.1 Å². The predicted octanol–water partition coefficient (Wildman–Crippen LogP) is 3.33. The summed E-state index contributed by atoms with van der Waals surface area (Å²) in [6.45, 7) is 5.71. The van der Waals surface area contributed by atoms with Crippen molar-refractivity contribution >= 4 is 29.2 Å². The van der Waals surface area contributed by atoms with Crippen molar-refractivity contribution in [3.05, 3.63) is 75.5 Å². The molecule has 2 heterocycles. The Morgan fingerprint density at radius 1 is 1.11 bits per heavy atom. The van der Waals surface area contributed by atoms with E-state index in [4.69, 9.17) is 0 Å². The van der Waals surface area contributed by atoms with Gasteiger partial charge in [0.25, 0.3) is 11.8 Å². The molecule has 0 bridgehead atoms. The first kappa shape index (κ1) is 18.6. The molecule has 2 N–H and O–H groups in total. The molecule has 0 aliphatic carbocycles. The molecule has 0 saturated carbocycles. The zero-order valence-electron chi connectivity index (χ0n) is 15.3. The number of hydrogen-bond donors (Lipinski definition) is 2. The van der Waals surface area contributed by atoms with Gasteiger partial charge in [-0.2, -0.15) is 0 Å². The van der Waals surface area contributed by atoms with Crippen molar-refractivity contribution in [2.24, 2.45) is 0 Å². The zero-order chi connectivity index (χ0) is 19.4. The van der Waals surface area contributed by atoms with Gasteiger partial charge in [0.05, 0.1) is 16.3 Å². The Bertz CT molecular complexity index is 1000. The molecule has 0 saturated heterocycles. The summed E-state index contributed by atoms with van der Waals surface area (Å²) in [6.07, 6.45) is 2.94. The minimum atomic E-state index is -0.425. The quantitative estimate of drug-likeness (QED) is 0.538. The molecule has 27 heavy (non-hydrogen) atoms. The Morgan fingerprint density at radius 3 is 2.52 bits per heavy atom. The van der Waals surface area contributed by atoms with Crippen molar-refractivity contribution in [3.8, 4) is 5.69 Å². The fourth-order valence-electron chi connectivity index (χ4n) is 2.81. The van der Waals surface area contributed by atoms with E-state index >= 15 is 0 Å². The van der Waals surface area contributed by atoms with Crippen molar-refractivity contribution in [1.29, 1.82) is 0 Å². The summed E-state index contributed by atoms with van der Waals surface area (Å²) < 4.78 is 2.00. The van der Waals surface area contributed by atoms with Crippen molar-refractivity contribution in [1.82, 2.24) is 20.4 Å². The van der Waals surface area contributed by atoms with Crippen LogP contribution in [0.25, 0.3) is 11.8 Å². The Labute approximate surface area is 161 Å². The topological polar surface area (TPSA) is 76.0 Å². The van der Waals surface area contributed by atoms with E-state index in [1.165, 1.54) is 17.4 Å². The maximum Gasteiger partial charge on any atom is 0.271 e. The number of para-hydroxylation sites is 1. The molecule has 0 unspecified atom stereocenters. The highest BCUT2D eigenvalue weighted by Gasteiger charge is 2.16. The van der Waals surface area contributed by atoms with Gasteiger partial charge in [-0.15, -0.1) is 11.3 Å². The fourth-order valence-corrected chi connectivity index (χ4v) is 3.39. The summed E-state index contributed by atoms with van der Waals surface area (Å²) in [5, 5.41) is 2.79. The molecule has 3 aromatic rings. The Kier molecular flexibility index (Phi) is 5.52. The summed E-state index contributed by atoms with van der Waals surface area (Å²) in [7, 11) is 0. The highest BCUT2D eigenvalue weighted by Crippen LogP contribution is 2.20. The first-order valence-corrected chi connectivity index (χ1v) is 9.28. The first-order valence-electron chi connectivity index (χ1n) is 8.40. The van der Waals surface area contributed by atoms with Gasteiger partial charge in [-0.25, -0.2) is 4.98 Å². The van der Waals surface area contributed by atoms with Crippen LogP contribution in [0.4, 0.5) is 0 Å². The van der Waals surface area contributed by atoms with Crippen LogP contribution in [0.2, 0.25) is 0 Å². The number of aryl methyl sites for hydroxylation is 2. The van der Waals surface area contributed by atoms with Gasteiger partial charge < -0.3 is 4.57 Å². The van der Waals surface area contributed by atoms with Crippen molar-refractivity contribution < 1.29 is 9.59 Å². The average Bonchev–Trinajstić information content (AvgIpc) is 3.21. The second kappa shape index (κ2) is 8.01. The van der Waals surface area contributed by atoms with Crippen LogP contribution in [0, 0.1) is 20.8 Å². The van der Waals surface area contributed by atoms with Gasteiger partial charge in [-0.05, 0) is 45.0 Å². The summed E-state index contributed by atoms with van der Waals surface area (Å²) in [6, 6.07) is 11.6. The van der Waals surface area contributed by atoms with Gasteiger partial charge in [0, 0.05) is 28.5 Å². The smallest absolute Gasteiger partial charge is 0.271 e. The molecule has 1 aromatic carbocycles. The summed E-state index contributed by atoms with van der Waals surface area (Å²) in [4.78, 5) is 28.6. The monoisotopic (exact) mass is 380 g/mol. The van der Waals surface area contributed by atoms with Gasteiger partial charge in [0.1, 0.15) is 0 Å². The van der Waals surface area contributed by atoms with E-state index in [1.54, 1.807) is 12.1 Å². The molecule has 6 nitrogen and oxygen atoms in total. The van der Waals surface area contributed by atoms with E-state index < -0.39 is 5.91 Å². The average molecular weight is 380 g/mol. The van der Waals surface area contributed by atoms with E-state index in [0.717, 1.165) is 22.1 Å². The van der Waals surface area contributed by atoms with Crippen LogP contribution in [0.1, 0.15) is 32.4 Å². The maximum absolute atomic E-state index is 12.5.